The van der Waals surface area contributed by atoms with Crippen molar-refractivity contribution >= 4 is 28.5 Å². The molecular formula is C29H25N3O4S. The molecule has 0 aliphatic carbocycles. The van der Waals surface area contributed by atoms with E-state index in [4.69, 9.17) is 14.2 Å². The van der Waals surface area contributed by atoms with E-state index in [-0.39, 0.29) is 5.57 Å². The molecule has 3 aromatic carbocycles. The van der Waals surface area contributed by atoms with E-state index < -0.39 is 5.91 Å². The third-order valence-corrected chi connectivity index (χ3v) is 6.33. The van der Waals surface area contributed by atoms with Crippen LogP contribution in [0.15, 0.2) is 84.6 Å². The summed E-state index contributed by atoms with van der Waals surface area (Å²) in [7, 11) is 3.17. The fourth-order valence-electron chi connectivity index (χ4n) is 3.50. The molecule has 0 aliphatic rings. The molecule has 0 saturated heterocycles. The molecule has 1 aromatic heterocycles. The number of ether oxygens (including phenoxy) is 3. The highest BCUT2D eigenvalue weighted by molar-refractivity contribution is 7.15. The van der Waals surface area contributed by atoms with Gasteiger partial charge in [0.15, 0.2) is 16.6 Å². The Labute approximate surface area is 219 Å². The van der Waals surface area contributed by atoms with Crippen molar-refractivity contribution in [3.8, 4) is 23.3 Å². The van der Waals surface area contributed by atoms with Crippen LogP contribution in [-0.4, -0.2) is 25.1 Å². The minimum Gasteiger partial charge on any atom is -0.497 e. The molecule has 0 fully saturated rings. The Balaban J connectivity index is 1.41. The van der Waals surface area contributed by atoms with Gasteiger partial charge in [-0.2, -0.15) is 5.26 Å². The third-order valence-electron chi connectivity index (χ3n) is 5.41. The summed E-state index contributed by atoms with van der Waals surface area (Å²) >= 11 is 1.36. The number of aromatic nitrogens is 1. The number of carbonyl (C=O) groups is 1. The number of hydrogen-bond donors (Lipinski definition) is 1. The number of amides is 1. The van der Waals surface area contributed by atoms with Crippen LogP contribution in [0.3, 0.4) is 0 Å². The third kappa shape index (κ3) is 6.97. The van der Waals surface area contributed by atoms with E-state index in [2.05, 4.69) is 10.3 Å². The van der Waals surface area contributed by atoms with Gasteiger partial charge in [0.25, 0.3) is 5.91 Å². The topological polar surface area (TPSA) is 93.5 Å². The Kier molecular flexibility index (Phi) is 8.53. The summed E-state index contributed by atoms with van der Waals surface area (Å²) in [6, 6.07) is 24.8. The maximum Gasteiger partial charge on any atom is 0.268 e. The number of hydrogen-bond acceptors (Lipinski definition) is 7. The number of methoxy groups -OCH3 is 2. The molecule has 0 saturated carbocycles. The lowest BCUT2D eigenvalue weighted by atomic mass is 10.1. The van der Waals surface area contributed by atoms with Crippen molar-refractivity contribution < 1.29 is 19.0 Å². The molecule has 186 valence electrons. The Morgan fingerprint density at radius 3 is 2.49 bits per heavy atom. The minimum atomic E-state index is -0.531. The molecule has 0 spiro atoms. The van der Waals surface area contributed by atoms with Crippen LogP contribution in [0.2, 0.25) is 0 Å². The first-order chi connectivity index (χ1) is 18.1. The lowest BCUT2D eigenvalue weighted by Gasteiger charge is -2.11. The van der Waals surface area contributed by atoms with E-state index in [1.54, 1.807) is 38.6 Å². The smallest absolute Gasteiger partial charge is 0.268 e. The highest BCUT2D eigenvalue weighted by Gasteiger charge is 2.14. The van der Waals surface area contributed by atoms with Gasteiger partial charge in [0.05, 0.1) is 14.2 Å². The molecule has 0 aliphatic heterocycles. The molecule has 1 amide bonds. The fourth-order valence-corrected chi connectivity index (χ4v) is 4.34. The Morgan fingerprint density at radius 1 is 1.00 bits per heavy atom. The van der Waals surface area contributed by atoms with Crippen LogP contribution < -0.4 is 19.5 Å². The summed E-state index contributed by atoms with van der Waals surface area (Å²) in [4.78, 5) is 18.0. The summed E-state index contributed by atoms with van der Waals surface area (Å²) in [6.07, 6.45) is 3.90. The lowest BCUT2D eigenvalue weighted by molar-refractivity contribution is -0.112. The van der Waals surface area contributed by atoms with Crippen LogP contribution in [0.25, 0.3) is 6.08 Å². The van der Waals surface area contributed by atoms with Gasteiger partial charge in [-0.1, -0.05) is 48.5 Å². The van der Waals surface area contributed by atoms with Gasteiger partial charge in [0.2, 0.25) is 0 Å². The number of nitriles is 1. The molecule has 4 aromatic rings. The molecule has 1 heterocycles. The van der Waals surface area contributed by atoms with Crippen molar-refractivity contribution in [2.75, 3.05) is 19.5 Å². The number of nitrogens with one attached hydrogen (secondary N) is 1. The zero-order valence-corrected chi connectivity index (χ0v) is 21.2. The van der Waals surface area contributed by atoms with E-state index in [1.165, 1.54) is 17.4 Å². The number of thiazole rings is 1. The Bertz CT molecular complexity index is 1420. The zero-order chi connectivity index (χ0) is 26.0. The molecule has 0 bridgehead atoms. The number of nitrogens with zero attached hydrogens (tertiary/aromatic N) is 2. The average Bonchev–Trinajstić information content (AvgIpc) is 3.38. The largest absolute Gasteiger partial charge is 0.497 e. The SMILES string of the molecule is COc1ccc(Cc2cnc(NC(=O)/C(C#N)=C/c3ccc(OCc4ccccc4)c(OC)c3)s2)cc1. The molecule has 8 heteroatoms. The standard InChI is InChI=1S/C29H25N3O4S/c1-34-24-11-8-20(9-12-24)15-25-18-31-29(37-25)32-28(33)23(17-30)14-22-10-13-26(27(16-22)35-2)36-19-21-6-4-3-5-7-21/h3-14,16,18H,15,19H2,1-2H3,(H,31,32,33)/b23-14+. The summed E-state index contributed by atoms with van der Waals surface area (Å²) in [5.41, 5.74) is 2.72. The quantitative estimate of drug-likeness (QED) is 0.211. The van der Waals surface area contributed by atoms with Gasteiger partial charge in [-0.25, -0.2) is 4.98 Å². The second kappa shape index (κ2) is 12.4. The van der Waals surface area contributed by atoms with E-state index in [9.17, 15) is 10.1 Å². The number of rotatable bonds is 10. The van der Waals surface area contributed by atoms with E-state index >= 15 is 0 Å². The molecule has 0 atom stereocenters. The lowest BCUT2D eigenvalue weighted by Crippen LogP contribution is -2.13. The van der Waals surface area contributed by atoms with Gasteiger partial charge >= 0.3 is 0 Å². The zero-order valence-electron chi connectivity index (χ0n) is 20.4. The average molecular weight is 512 g/mol. The van der Waals surface area contributed by atoms with Crippen LogP contribution in [-0.2, 0) is 17.8 Å². The molecule has 4 rings (SSSR count). The molecule has 0 unspecified atom stereocenters. The predicted octanol–water partition coefficient (Wildman–Crippen LogP) is 5.88. The van der Waals surface area contributed by atoms with Crippen LogP contribution in [0, 0.1) is 11.3 Å². The van der Waals surface area contributed by atoms with Gasteiger partial charge in [-0.15, -0.1) is 11.3 Å². The van der Waals surface area contributed by atoms with Crippen molar-refractivity contribution in [3.05, 3.63) is 106 Å². The van der Waals surface area contributed by atoms with E-state index in [0.717, 1.165) is 21.8 Å². The van der Waals surface area contributed by atoms with E-state index in [0.29, 0.717) is 35.2 Å². The number of anilines is 1. The van der Waals surface area contributed by atoms with Gasteiger partial charge in [-0.05, 0) is 47.0 Å². The summed E-state index contributed by atoms with van der Waals surface area (Å²) < 4.78 is 16.5. The molecule has 37 heavy (non-hydrogen) atoms. The van der Waals surface area contributed by atoms with Gasteiger partial charge in [0.1, 0.15) is 24.0 Å². The van der Waals surface area contributed by atoms with Crippen LogP contribution in [0.4, 0.5) is 5.13 Å². The molecule has 7 nitrogen and oxygen atoms in total. The van der Waals surface area contributed by atoms with Crippen molar-refractivity contribution in [2.45, 2.75) is 13.0 Å². The van der Waals surface area contributed by atoms with Crippen LogP contribution in [0.1, 0.15) is 21.6 Å². The molecule has 1 N–H and O–H groups in total. The number of carbonyl (C=O) groups excluding carboxylic acids is 1. The van der Waals surface area contributed by atoms with Gasteiger partial charge in [-0.3, -0.25) is 10.1 Å². The first-order valence-corrected chi connectivity index (χ1v) is 12.2. The molecule has 0 radical (unpaired) electrons. The highest BCUT2D eigenvalue weighted by Crippen LogP contribution is 2.30. The maximum absolute atomic E-state index is 12.8. The van der Waals surface area contributed by atoms with Crippen molar-refractivity contribution in [1.29, 1.82) is 5.26 Å². The number of benzene rings is 3. The van der Waals surface area contributed by atoms with Crippen molar-refractivity contribution in [1.82, 2.24) is 4.98 Å². The van der Waals surface area contributed by atoms with Crippen molar-refractivity contribution in [2.24, 2.45) is 0 Å². The van der Waals surface area contributed by atoms with Crippen molar-refractivity contribution in [3.63, 3.8) is 0 Å². The van der Waals surface area contributed by atoms with E-state index in [1.807, 2.05) is 60.7 Å². The monoisotopic (exact) mass is 511 g/mol. The second-order valence-corrected chi connectivity index (χ2v) is 9.08. The highest BCUT2D eigenvalue weighted by atomic mass is 32.1. The first-order valence-electron chi connectivity index (χ1n) is 11.4. The van der Waals surface area contributed by atoms with Crippen LogP contribution in [0.5, 0.6) is 17.2 Å². The molecular weight excluding hydrogens is 486 g/mol. The summed E-state index contributed by atoms with van der Waals surface area (Å²) in [5, 5.41) is 12.8. The summed E-state index contributed by atoms with van der Waals surface area (Å²) in [5.74, 6) is 1.34. The fraction of sp³-hybridized carbons (Fsp3) is 0.138. The minimum absolute atomic E-state index is 0.0492. The summed E-state index contributed by atoms with van der Waals surface area (Å²) in [6.45, 7) is 0.395. The Hall–Kier alpha value is -4.61. The maximum atomic E-state index is 12.8. The van der Waals surface area contributed by atoms with Crippen LogP contribution >= 0.6 is 11.3 Å². The van der Waals surface area contributed by atoms with Gasteiger partial charge < -0.3 is 14.2 Å². The second-order valence-electron chi connectivity index (χ2n) is 7.97. The normalized spacial score (nSPS) is 10.9. The van der Waals surface area contributed by atoms with Gasteiger partial charge in [0, 0.05) is 17.5 Å². The predicted molar refractivity (Wildman–Crippen MR) is 144 cm³/mol. The first kappa shape index (κ1) is 25.5. The Morgan fingerprint density at radius 2 is 1.78 bits per heavy atom.